The van der Waals surface area contributed by atoms with Gasteiger partial charge < -0.3 is 0 Å². The van der Waals surface area contributed by atoms with E-state index in [1.54, 1.807) is 24.3 Å². The van der Waals surface area contributed by atoms with Crippen LogP contribution in [0.5, 0.6) is 0 Å². The van der Waals surface area contributed by atoms with Crippen molar-refractivity contribution < 1.29 is 8.42 Å². The zero-order chi connectivity index (χ0) is 16.2. The average Bonchev–Trinajstić information content (AvgIpc) is 2.46. The molecule has 0 aromatic heterocycles. The van der Waals surface area contributed by atoms with Crippen LogP contribution >= 0.6 is 0 Å². The minimum absolute atomic E-state index is 0.360. The van der Waals surface area contributed by atoms with Crippen LogP contribution in [0.4, 0.5) is 0 Å². The lowest BCUT2D eigenvalue weighted by atomic mass is 10.1. The van der Waals surface area contributed by atoms with E-state index in [2.05, 4.69) is 0 Å². The first-order chi connectivity index (χ1) is 9.82. The SMILES string of the molecule is CC.Cc1ccc(S(=O)(=O)c2ccc(C)c(C)c2)cc1C. The highest BCUT2D eigenvalue weighted by Gasteiger charge is 2.18. The highest BCUT2D eigenvalue weighted by Crippen LogP contribution is 2.24. The number of rotatable bonds is 2. The van der Waals surface area contributed by atoms with E-state index < -0.39 is 9.84 Å². The normalized spacial score (nSPS) is 10.8. The molecule has 0 aliphatic carbocycles. The van der Waals surface area contributed by atoms with Crippen molar-refractivity contribution in [2.45, 2.75) is 51.3 Å². The lowest BCUT2D eigenvalue weighted by Crippen LogP contribution is -2.03. The van der Waals surface area contributed by atoms with E-state index in [4.69, 9.17) is 0 Å². The van der Waals surface area contributed by atoms with Gasteiger partial charge in [0.2, 0.25) is 9.84 Å². The van der Waals surface area contributed by atoms with Crippen molar-refractivity contribution in [1.29, 1.82) is 0 Å². The van der Waals surface area contributed by atoms with Gasteiger partial charge in [0.15, 0.2) is 0 Å². The Morgan fingerprint density at radius 1 is 0.619 bits per heavy atom. The largest absolute Gasteiger partial charge is 0.219 e. The zero-order valence-electron chi connectivity index (χ0n) is 13.7. The highest BCUT2D eigenvalue weighted by molar-refractivity contribution is 7.91. The number of aryl methyl sites for hydroxylation is 4. The number of hydrogen-bond donors (Lipinski definition) is 0. The summed E-state index contributed by atoms with van der Waals surface area (Å²) < 4.78 is 25.1. The van der Waals surface area contributed by atoms with Crippen LogP contribution in [0, 0.1) is 27.7 Å². The van der Waals surface area contributed by atoms with Gasteiger partial charge in [0, 0.05) is 0 Å². The van der Waals surface area contributed by atoms with Gasteiger partial charge in [-0.05, 0) is 74.2 Å². The molecule has 0 aliphatic heterocycles. The van der Waals surface area contributed by atoms with Crippen molar-refractivity contribution >= 4 is 9.84 Å². The third-order valence-corrected chi connectivity index (χ3v) is 5.33. The molecule has 0 unspecified atom stereocenters. The second-order valence-corrected chi connectivity index (χ2v) is 6.95. The number of benzene rings is 2. The Labute approximate surface area is 128 Å². The van der Waals surface area contributed by atoms with Crippen molar-refractivity contribution in [1.82, 2.24) is 0 Å². The second kappa shape index (κ2) is 6.90. The van der Waals surface area contributed by atoms with Crippen molar-refractivity contribution in [2.24, 2.45) is 0 Å². The summed E-state index contributed by atoms with van der Waals surface area (Å²) in [5.74, 6) is 0. The first-order valence-electron chi connectivity index (χ1n) is 7.22. The summed E-state index contributed by atoms with van der Waals surface area (Å²) in [4.78, 5) is 0.720. The molecule has 0 aliphatic rings. The maximum absolute atomic E-state index is 12.6. The van der Waals surface area contributed by atoms with Crippen LogP contribution in [-0.4, -0.2) is 8.42 Å². The Hall–Kier alpha value is -1.61. The molecule has 0 fully saturated rings. The van der Waals surface area contributed by atoms with Gasteiger partial charge in [0.25, 0.3) is 0 Å². The molecule has 0 radical (unpaired) electrons. The van der Waals surface area contributed by atoms with Gasteiger partial charge in [0.05, 0.1) is 9.79 Å². The smallest absolute Gasteiger partial charge is 0.206 e. The molecular weight excluding hydrogens is 280 g/mol. The summed E-state index contributed by atoms with van der Waals surface area (Å²) in [6.45, 7) is 11.8. The molecule has 0 N–H and O–H groups in total. The molecule has 2 aromatic rings. The molecule has 0 saturated carbocycles. The fourth-order valence-electron chi connectivity index (χ4n) is 1.90. The van der Waals surface area contributed by atoms with Gasteiger partial charge >= 0.3 is 0 Å². The van der Waals surface area contributed by atoms with E-state index >= 15 is 0 Å². The fourth-order valence-corrected chi connectivity index (χ4v) is 3.33. The molecule has 0 spiro atoms. The minimum atomic E-state index is -3.42. The Morgan fingerprint density at radius 2 is 0.952 bits per heavy atom. The van der Waals surface area contributed by atoms with E-state index in [1.165, 1.54) is 0 Å². The predicted molar refractivity (Wildman–Crippen MR) is 88.6 cm³/mol. The molecule has 2 rings (SSSR count). The van der Waals surface area contributed by atoms with Gasteiger partial charge in [-0.1, -0.05) is 26.0 Å². The molecule has 114 valence electrons. The summed E-state index contributed by atoms with van der Waals surface area (Å²) in [5, 5.41) is 0. The quantitative estimate of drug-likeness (QED) is 0.800. The van der Waals surface area contributed by atoms with Gasteiger partial charge in [-0.15, -0.1) is 0 Å². The van der Waals surface area contributed by atoms with Crippen LogP contribution in [0.25, 0.3) is 0 Å². The first kappa shape index (κ1) is 17.4. The van der Waals surface area contributed by atoms with Crippen LogP contribution < -0.4 is 0 Å². The molecule has 0 saturated heterocycles. The van der Waals surface area contributed by atoms with Crippen molar-refractivity contribution in [2.75, 3.05) is 0 Å². The Balaban J connectivity index is 0.00000106. The Kier molecular flexibility index (Phi) is 5.73. The van der Waals surface area contributed by atoms with E-state index in [9.17, 15) is 8.42 Å². The van der Waals surface area contributed by atoms with Gasteiger partial charge in [0.1, 0.15) is 0 Å². The van der Waals surface area contributed by atoms with Gasteiger partial charge in [-0.3, -0.25) is 0 Å². The number of hydrogen-bond acceptors (Lipinski definition) is 2. The van der Waals surface area contributed by atoms with E-state index in [0.717, 1.165) is 22.3 Å². The molecule has 3 heteroatoms. The van der Waals surface area contributed by atoms with Crippen molar-refractivity contribution in [3.8, 4) is 0 Å². The minimum Gasteiger partial charge on any atom is -0.219 e. The lowest BCUT2D eigenvalue weighted by Gasteiger charge is -2.09. The molecule has 0 amide bonds. The molecule has 21 heavy (non-hydrogen) atoms. The standard InChI is InChI=1S/C16H18O2S.C2H6/c1-11-5-7-15(9-13(11)3)19(17,18)16-8-6-12(2)14(4)10-16;1-2/h5-10H,1-4H3;1-2H3. The van der Waals surface area contributed by atoms with Crippen molar-refractivity contribution in [3.05, 3.63) is 58.7 Å². The van der Waals surface area contributed by atoms with Crippen LogP contribution in [0.2, 0.25) is 0 Å². The van der Waals surface area contributed by atoms with Crippen LogP contribution in [0.15, 0.2) is 46.2 Å². The van der Waals surface area contributed by atoms with Gasteiger partial charge in [-0.25, -0.2) is 8.42 Å². The molecule has 2 nitrogen and oxygen atoms in total. The van der Waals surface area contributed by atoms with Gasteiger partial charge in [-0.2, -0.15) is 0 Å². The molecule has 0 heterocycles. The number of sulfone groups is 1. The summed E-state index contributed by atoms with van der Waals surface area (Å²) in [6.07, 6.45) is 0. The van der Waals surface area contributed by atoms with Crippen molar-refractivity contribution in [3.63, 3.8) is 0 Å². The maximum atomic E-state index is 12.6. The summed E-state index contributed by atoms with van der Waals surface area (Å²) in [6, 6.07) is 10.5. The second-order valence-electron chi connectivity index (χ2n) is 5.00. The third kappa shape index (κ3) is 3.73. The summed E-state index contributed by atoms with van der Waals surface area (Å²) >= 11 is 0. The Morgan fingerprint density at radius 3 is 1.24 bits per heavy atom. The molecule has 2 aromatic carbocycles. The Bertz CT molecular complexity index is 671. The molecule has 0 atom stereocenters. The van der Waals surface area contributed by atoms with Crippen LogP contribution in [0.1, 0.15) is 36.1 Å². The zero-order valence-corrected chi connectivity index (χ0v) is 14.5. The third-order valence-electron chi connectivity index (χ3n) is 3.58. The average molecular weight is 304 g/mol. The predicted octanol–water partition coefficient (Wildman–Crippen LogP) is 4.78. The van der Waals surface area contributed by atoms with E-state index in [0.29, 0.717) is 9.79 Å². The topological polar surface area (TPSA) is 34.1 Å². The van der Waals surface area contributed by atoms with Crippen LogP contribution in [0.3, 0.4) is 0 Å². The fraction of sp³-hybridized carbons (Fsp3) is 0.333. The first-order valence-corrected chi connectivity index (χ1v) is 8.70. The molecular formula is C18H24O2S. The van der Waals surface area contributed by atoms with E-state index in [-0.39, 0.29) is 0 Å². The van der Waals surface area contributed by atoms with E-state index in [1.807, 2.05) is 53.7 Å². The molecule has 0 bridgehead atoms. The van der Waals surface area contributed by atoms with Crippen LogP contribution in [-0.2, 0) is 9.84 Å². The summed E-state index contributed by atoms with van der Waals surface area (Å²) in [7, 11) is -3.42. The lowest BCUT2D eigenvalue weighted by molar-refractivity contribution is 0.596. The maximum Gasteiger partial charge on any atom is 0.206 e. The highest BCUT2D eigenvalue weighted by atomic mass is 32.2. The summed E-state index contributed by atoms with van der Waals surface area (Å²) in [5.41, 5.74) is 4.17. The monoisotopic (exact) mass is 304 g/mol.